The summed E-state index contributed by atoms with van der Waals surface area (Å²) in [5, 5.41) is 0. The average Bonchev–Trinajstić information content (AvgIpc) is 3.29. The highest BCUT2D eigenvalue weighted by molar-refractivity contribution is 5.96. The lowest BCUT2D eigenvalue weighted by molar-refractivity contribution is 0.0730. The van der Waals surface area contributed by atoms with Gasteiger partial charge in [0.15, 0.2) is 0 Å². The number of carbonyl (C=O) groups excluding carboxylic acids is 1. The molecule has 1 saturated carbocycles. The molecule has 0 saturated heterocycles. The Hall–Kier alpha value is -2.56. The highest BCUT2D eigenvalue weighted by atomic mass is 16.2. The maximum Gasteiger partial charge on any atom is 0.254 e. The minimum atomic E-state index is -0.0201. The smallest absolute Gasteiger partial charge is 0.254 e. The predicted molar refractivity (Wildman–Crippen MR) is 82.4 cm³/mol. The van der Waals surface area contributed by atoms with E-state index in [-0.39, 0.29) is 5.91 Å². The molecular formula is C16H18N4O. The summed E-state index contributed by atoms with van der Waals surface area (Å²) >= 11 is 0. The highest BCUT2D eigenvalue weighted by Gasteiger charge is 2.33. The van der Waals surface area contributed by atoms with Crippen LogP contribution < -0.4 is 11.5 Å². The molecule has 108 valence electrons. The van der Waals surface area contributed by atoms with Crippen LogP contribution in [0.1, 0.15) is 28.8 Å². The number of benzene rings is 1. The summed E-state index contributed by atoms with van der Waals surface area (Å²) in [4.78, 5) is 18.6. The summed E-state index contributed by atoms with van der Waals surface area (Å²) in [6, 6.07) is 9.18. The van der Waals surface area contributed by atoms with Crippen molar-refractivity contribution >= 4 is 17.3 Å². The molecule has 1 aliphatic carbocycles. The number of carbonyl (C=O) groups is 1. The molecule has 1 aromatic heterocycles. The lowest BCUT2D eigenvalue weighted by atomic mass is 10.1. The van der Waals surface area contributed by atoms with E-state index in [0.717, 1.165) is 18.4 Å². The van der Waals surface area contributed by atoms with E-state index in [0.29, 0.717) is 29.5 Å². The number of hydrogen-bond acceptors (Lipinski definition) is 4. The second kappa shape index (κ2) is 5.44. The van der Waals surface area contributed by atoms with Crippen molar-refractivity contribution in [3.8, 4) is 0 Å². The summed E-state index contributed by atoms with van der Waals surface area (Å²) in [7, 11) is 0. The topological polar surface area (TPSA) is 85.2 Å². The van der Waals surface area contributed by atoms with Gasteiger partial charge in [-0.25, -0.2) is 0 Å². The molecule has 0 radical (unpaired) electrons. The molecule has 0 spiro atoms. The van der Waals surface area contributed by atoms with Crippen LogP contribution in [-0.2, 0) is 6.54 Å². The Labute approximate surface area is 123 Å². The lowest BCUT2D eigenvalue weighted by Crippen LogP contribution is -2.32. The van der Waals surface area contributed by atoms with Gasteiger partial charge < -0.3 is 16.4 Å². The quantitative estimate of drug-likeness (QED) is 0.840. The summed E-state index contributed by atoms with van der Waals surface area (Å²) < 4.78 is 0. The molecule has 1 heterocycles. The van der Waals surface area contributed by atoms with E-state index in [9.17, 15) is 4.79 Å². The van der Waals surface area contributed by atoms with Crippen molar-refractivity contribution in [2.24, 2.45) is 0 Å². The van der Waals surface area contributed by atoms with Gasteiger partial charge in [0.2, 0.25) is 0 Å². The first-order valence-corrected chi connectivity index (χ1v) is 6.99. The largest absolute Gasteiger partial charge is 0.399 e. The molecular weight excluding hydrogens is 264 g/mol. The number of aromatic nitrogens is 1. The summed E-state index contributed by atoms with van der Waals surface area (Å²) in [5.74, 6) is -0.0201. The van der Waals surface area contributed by atoms with Gasteiger partial charge in [-0.05, 0) is 48.7 Å². The molecule has 21 heavy (non-hydrogen) atoms. The van der Waals surface area contributed by atoms with E-state index in [1.54, 1.807) is 30.6 Å². The van der Waals surface area contributed by atoms with E-state index in [4.69, 9.17) is 11.5 Å². The van der Waals surface area contributed by atoms with Crippen molar-refractivity contribution in [3.63, 3.8) is 0 Å². The first-order chi connectivity index (χ1) is 10.1. The number of hydrogen-bond donors (Lipinski definition) is 2. The number of pyridine rings is 1. The second-order valence-corrected chi connectivity index (χ2v) is 5.41. The van der Waals surface area contributed by atoms with Gasteiger partial charge in [0.05, 0.1) is 0 Å². The third-order valence-electron chi connectivity index (χ3n) is 3.58. The number of nitrogens with zero attached hydrogens (tertiary/aromatic N) is 2. The van der Waals surface area contributed by atoms with Gasteiger partial charge in [-0.1, -0.05) is 0 Å². The molecule has 5 heteroatoms. The van der Waals surface area contributed by atoms with Crippen molar-refractivity contribution in [1.82, 2.24) is 9.88 Å². The van der Waals surface area contributed by atoms with E-state index in [1.807, 2.05) is 17.0 Å². The van der Waals surface area contributed by atoms with Gasteiger partial charge in [0.1, 0.15) is 0 Å². The second-order valence-electron chi connectivity index (χ2n) is 5.41. The Morgan fingerprint density at radius 2 is 1.76 bits per heavy atom. The maximum atomic E-state index is 12.7. The van der Waals surface area contributed by atoms with Crippen LogP contribution in [-0.4, -0.2) is 21.8 Å². The predicted octanol–water partition coefficient (Wildman–Crippen LogP) is 2.05. The SMILES string of the molecule is Nc1cc(N)cc(C(=O)N(Cc2ccncc2)C2CC2)c1. The van der Waals surface area contributed by atoms with Crippen LogP contribution in [0.2, 0.25) is 0 Å². The van der Waals surface area contributed by atoms with Crippen LogP contribution in [0.15, 0.2) is 42.7 Å². The minimum Gasteiger partial charge on any atom is -0.399 e. The fourth-order valence-corrected chi connectivity index (χ4v) is 2.40. The van der Waals surface area contributed by atoms with Crippen LogP contribution in [0.25, 0.3) is 0 Å². The molecule has 0 bridgehead atoms. The first-order valence-electron chi connectivity index (χ1n) is 6.99. The van der Waals surface area contributed by atoms with Gasteiger partial charge in [-0.3, -0.25) is 9.78 Å². The van der Waals surface area contributed by atoms with E-state index in [1.165, 1.54) is 0 Å². The first kappa shape index (κ1) is 13.4. The summed E-state index contributed by atoms with van der Waals surface area (Å²) in [6.45, 7) is 0.584. The summed E-state index contributed by atoms with van der Waals surface area (Å²) in [5.41, 5.74) is 14.2. The zero-order valence-corrected chi connectivity index (χ0v) is 11.7. The van der Waals surface area contributed by atoms with Crippen LogP contribution in [0.5, 0.6) is 0 Å². The minimum absolute atomic E-state index is 0.0201. The molecule has 0 aliphatic heterocycles. The van der Waals surface area contributed by atoms with Gasteiger partial charge in [0.25, 0.3) is 5.91 Å². The van der Waals surface area contributed by atoms with Crippen LogP contribution >= 0.6 is 0 Å². The van der Waals surface area contributed by atoms with Crippen molar-refractivity contribution in [2.75, 3.05) is 11.5 Å². The molecule has 1 fully saturated rings. The lowest BCUT2D eigenvalue weighted by Gasteiger charge is -2.23. The Balaban J connectivity index is 1.85. The molecule has 1 aromatic carbocycles. The van der Waals surface area contributed by atoms with Gasteiger partial charge in [-0.15, -0.1) is 0 Å². The molecule has 0 unspecified atom stereocenters. The zero-order chi connectivity index (χ0) is 14.8. The Kier molecular flexibility index (Phi) is 3.48. The van der Waals surface area contributed by atoms with E-state index >= 15 is 0 Å². The number of rotatable bonds is 4. The fraction of sp³-hybridized carbons (Fsp3) is 0.250. The number of nitrogens with two attached hydrogens (primary N) is 2. The van der Waals surface area contributed by atoms with Crippen LogP contribution in [0.3, 0.4) is 0 Å². The Bertz CT molecular complexity index is 632. The number of nitrogen functional groups attached to an aromatic ring is 2. The molecule has 3 rings (SSSR count). The third kappa shape index (κ3) is 3.13. The third-order valence-corrected chi connectivity index (χ3v) is 3.58. The number of amides is 1. The highest BCUT2D eigenvalue weighted by Crippen LogP contribution is 2.30. The van der Waals surface area contributed by atoms with Crippen molar-refractivity contribution in [1.29, 1.82) is 0 Å². The molecule has 4 N–H and O–H groups in total. The van der Waals surface area contributed by atoms with Crippen LogP contribution in [0, 0.1) is 0 Å². The van der Waals surface area contributed by atoms with Gasteiger partial charge >= 0.3 is 0 Å². The maximum absolute atomic E-state index is 12.7. The van der Waals surface area contributed by atoms with Crippen molar-refractivity contribution in [2.45, 2.75) is 25.4 Å². The molecule has 1 aliphatic rings. The van der Waals surface area contributed by atoms with Crippen molar-refractivity contribution < 1.29 is 4.79 Å². The zero-order valence-electron chi connectivity index (χ0n) is 11.7. The van der Waals surface area contributed by atoms with Crippen LogP contribution in [0.4, 0.5) is 11.4 Å². The van der Waals surface area contributed by atoms with E-state index in [2.05, 4.69) is 4.98 Å². The standard InChI is InChI=1S/C16H18N4O/c17-13-7-12(8-14(18)9-13)16(21)20(15-1-2-15)10-11-3-5-19-6-4-11/h3-9,15H,1-2,10,17-18H2. The summed E-state index contributed by atoms with van der Waals surface area (Å²) in [6.07, 6.45) is 5.58. The van der Waals surface area contributed by atoms with Gasteiger partial charge in [-0.2, -0.15) is 0 Å². The molecule has 1 amide bonds. The molecule has 5 nitrogen and oxygen atoms in total. The molecule has 2 aromatic rings. The molecule has 0 atom stereocenters. The van der Waals surface area contributed by atoms with E-state index < -0.39 is 0 Å². The fourth-order valence-electron chi connectivity index (χ4n) is 2.40. The number of anilines is 2. The monoisotopic (exact) mass is 282 g/mol. The average molecular weight is 282 g/mol. The Morgan fingerprint density at radius 3 is 2.33 bits per heavy atom. The van der Waals surface area contributed by atoms with Gasteiger partial charge in [0, 0.05) is 41.9 Å². The Morgan fingerprint density at radius 1 is 1.14 bits per heavy atom. The van der Waals surface area contributed by atoms with Crippen molar-refractivity contribution in [3.05, 3.63) is 53.9 Å². The normalized spacial score (nSPS) is 13.9.